The zero-order valence-corrected chi connectivity index (χ0v) is 31.4. The predicted molar refractivity (Wildman–Crippen MR) is 198 cm³/mol. The number of nitrogens with zero attached hydrogens (tertiary/aromatic N) is 4. The van der Waals surface area contributed by atoms with E-state index in [-0.39, 0.29) is 32.3 Å². The Morgan fingerprint density at radius 1 is 1.11 bits per heavy atom. The van der Waals surface area contributed by atoms with Gasteiger partial charge in [-0.1, -0.05) is 64.8 Å². The smallest absolute Gasteiger partial charge is 0.352 e. The van der Waals surface area contributed by atoms with Gasteiger partial charge in [0.25, 0.3) is 11.8 Å². The summed E-state index contributed by atoms with van der Waals surface area (Å²) in [4.78, 5) is 60.9. The van der Waals surface area contributed by atoms with Crippen LogP contribution < -0.4 is 11.1 Å². The molecule has 2 atom stereocenters. The van der Waals surface area contributed by atoms with Gasteiger partial charge < -0.3 is 40.8 Å². The van der Waals surface area contributed by atoms with E-state index in [1.807, 2.05) is 31.3 Å². The molecular weight excluding hydrogens is 771 g/mol. The number of hydrogen-bond acceptors (Lipinski definition) is 12. The average Bonchev–Trinajstić information content (AvgIpc) is 3.70. The number of oxime groups is 1. The number of nitrogens with two attached hydrogens (primary N) is 1. The van der Waals surface area contributed by atoms with Crippen LogP contribution >= 0.6 is 46.3 Å². The topological polar surface area (TPSA) is 225 Å². The quantitative estimate of drug-likeness (QED) is 0.0529. The molecule has 7 N–H and O–H groups in total. The summed E-state index contributed by atoms with van der Waals surface area (Å²) in [5.41, 5.74) is 6.92. The third kappa shape index (κ3) is 7.26. The molecule has 278 valence electrons. The Balaban J connectivity index is 1.14. The highest BCUT2D eigenvalue weighted by atomic mass is 35.5. The van der Waals surface area contributed by atoms with E-state index in [0.717, 1.165) is 27.4 Å². The highest BCUT2D eigenvalue weighted by molar-refractivity contribution is 8.00. The van der Waals surface area contributed by atoms with Crippen molar-refractivity contribution in [1.29, 1.82) is 0 Å². The number of β-lactam (4-membered cyclic amide) rings is 1. The molecule has 0 saturated carbocycles. The number of fused-ring (bicyclic) bond motifs is 2. The molecule has 0 aliphatic carbocycles. The zero-order chi connectivity index (χ0) is 38.6. The number of thioether (sulfide) groups is 1. The van der Waals surface area contributed by atoms with Crippen LogP contribution in [0.4, 0.5) is 5.13 Å². The second-order valence-electron chi connectivity index (χ2n) is 13.4. The summed E-state index contributed by atoms with van der Waals surface area (Å²) in [5, 5.41) is 47.1. The Hall–Kier alpha value is -4.81. The zero-order valence-electron chi connectivity index (χ0n) is 28.3. The fourth-order valence-corrected chi connectivity index (χ4v) is 8.56. The lowest BCUT2D eigenvalue weighted by Crippen LogP contribution is -2.71. The molecule has 19 heteroatoms. The molecule has 0 unspecified atom stereocenters. The molecule has 1 fully saturated rings. The minimum atomic E-state index is -1.79. The van der Waals surface area contributed by atoms with Crippen LogP contribution in [0.1, 0.15) is 41.8 Å². The summed E-state index contributed by atoms with van der Waals surface area (Å²) in [6.07, 6.45) is 3.40. The summed E-state index contributed by atoms with van der Waals surface area (Å²) in [6, 6.07) is 6.55. The Labute approximate surface area is 320 Å². The van der Waals surface area contributed by atoms with Crippen LogP contribution in [0.15, 0.2) is 52.1 Å². The number of phenols is 2. The molecule has 0 bridgehead atoms. The number of phenolic OH excluding ortho intramolecular Hbond substituents is 2. The van der Waals surface area contributed by atoms with E-state index in [1.54, 1.807) is 12.2 Å². The number of carboxylic acid groups (broad SMARTS) is 2. The SMILES string of the molecule is CC(C)(O/N=C(\C(=O)N[C@@H]1C(=O)N2C(C(=O)O)=C(/C=C\c3ccc(C[N+]4(C)Cc5c(Cl)c(O)c(O)c(Cl)c5C4)cc3)CS[C@H]12)c1csc(N)n1)C(=O)O. The van der Waals surface area contributed by atoms with E-state index in [0.29, 0.717) is 40.8 Å². The Morgan fingerprint density at radius 2 is 1.74 bits per heavy atom. The van der Waals surface area contributed by atoms with E-state index >= 15 is 0 Å². The fourth-order valence-electron chi connectivity index (χ4n) is 6.17. The number of aliphatic carboxylic acids is 2. The first kappa shape index (κ1) is 37.9. The maximum Gasteiger partial charge on any atom is 0.352 e. The van der Waals surface area contributed by atoms with Gasteiger partial charge in [0, 0.05) is 27.8 Å². The van der Waals surface area contributed by atoms with Gasteiger partial charge in [0.15, 0.2) is 22.3 Å². The highest BCUT2D eigenvalue weighted by Crippen LogP contribution is 2.49. The summed E-state index contributed by atoms with van der Waals surface area (Å²) in [5.74, 6) is -4.81. The van der Waals surface area contributed by atoms with Crippen molar-refractivity contribution in [3.8, 4) is 11.5 Å². The van der Waals surface area contributed by atoms with Crippen LogP contribution in [-0.2, 0) is 43.7 Å². The highest BCUT2D eigenvalue weighted by Gasteiger charge is 2.54. The minimum absolute atomic E-state index is 0.00665. The van der Waals surface area contributed by atoms with E-state index in [2.05, 4.69) is 15.5 Å². The molecular formula is C34H33Cl2N6O9S2+. The molecule has 6 rings (SSSR count). The van der Waals surface area contributed by atoms with E-state index in [1.165, 1.54) is 31.0 Å². The van der Waals surface area contributed by atoms with Gasteiger partial charge in [-0.25, -0.2) is 14.6 Å². The molecule has 1 aromatic heterocycles. The van der Waals surface area contributed by atoms with Gasteiger partial charge in [0.2, 0.25) is 5.60 Å². The Bertz CT molecular complexity index is 2110. The summed E-state index contributed by atoms with van der Waals surface area (Å²) in [6.45, 7) is 4.09. The lowest BCUT2D eigenvalue weighted by Gasteiger charge is -2.49. The lowest BCUT2D eigenvalue weighted by molar-refractivity contribution is -0.941. The number of halogens is 2. The normalized spacial score (nSPS) is 19.5. The summed E-state index contributed by atoms with van der Waals surface area (Å²) < 4.78 is 0.510. The van der Waals surface area contributed by atoms with E-state index < -0.39 is 58.0 Å². The van der Waals surface area contributed by atoms with Crippen LogP contribution in [0.2, 0.25) is 10.0 Å². The van der Waals surface area contributed by atoms with E-state index in [4.69, 9.17) is 33.8 Å². The van der Waals surface area contributed by atoms with Gasteiger partial charge in [-0.2, -0.15) is 0 Å². The molecule has 2 amide bonds. The first-order chi connectivity index (χ1) is 24.9. The van der Waals surface area contributed by atoms with Crippen molar-refractivity contribution in [3.05, 3.63) is 85.0 Å². The molecule has 3 aromatic rings. The van der Waals surface area contributed by atoms with Crippen LogP contribution in [0.5, 0.6) is 11.5 Å². The maximum atomic E-state index is 13.3. The second-order valence-corrected chi connectivity index (χ2v) is 16.2. The van der Waals surface area contributed by atoms with Gasteiger partial charge in [-0.3, -0.25) is 14.5 Å². The number of thiazole rings is 1. The second kappa shape index (κ2) is 14.2. The van der Waals surface area contributed by atoms with Crippen LogP contribution in [0.3, 0.4) is 0 Å². The van der Waals surface area contributed by atoms with Crippen molar-refractivity contribution in [2.75, 3.05) is 18.5 Å². The molecule has 4 heterocycles. The molecule has 0 spiro atoms. The molecule has 0 radical (unpaired) electrons. The lowest BCUT2D eigenvalue weighted by atomic mass is 10.0. The van der Waals surface area contributed by atoms with Crippen LogP contribution in [0.25, 0.3) is 6.08 Å². The number of amides is 2. The van der Waals surface area contributed by atoms with Crippen molar-refractivity contribution in [2.24, 2.45) is 5.16 Å². The van der Waals surface area contributed by atoms with Gasteiger partial charge in [0.05, 0.1) is 17.1 Å². The number of quaternary nitrogens is 1. The third-order valence-corrected chi connectivity index (χ3v) is 11.8. The standard InChI is InChI=1S/C34H32Cl2N6O9S2/c1-34(2,32(49)50)51-40-23(20-14-53-33(37)38-20)28(45)39-24-29(46)41-25(31(47)48)17(13-52-30(24)41)9-8-15-4-6-16(7-5-15)10-42(3)11-18-19(12-42)22(36)27(44)26(43)21(18)35/h4-9,14,24,30H,10-13H2,1-3H3,(H6-,37,38,39,40,43,44,45,47,48,49,50)/p+1/b9-8-/t24-,30-/m1/s1. The van der Waals surface area contributed by atoms with Crippen molar-refractivity contribution >= 4 is 87.0 Å². The van der Waals surface area contributed by atoms with Gasteiger partial charge in [-0.15, -0.1) is 23.1 Å². The third-order valence-electron chi connectivity index (χ3n) is 8.98. The Kier molecular flexibility index (Phi) is 10.2. The molecule has 3 aliphatic rings. The van der Waals surface area contributed by atoms with E-state index in [9.17, 15) is 39.6 Å². The number of benzene rings is 2. The number of nitrogens with one attached hydrogen (secondary N) is 1. The number of anilines is 1. The number of allylic oxidation sites excluding steroid dienone is 1. The molecule has 53 heavy (non-hydrogen) atoms. The monoisotopic (exact) mass is 803 g/mol. The van der Waals surface area contributed by atoms with Crippen molar-refractivity contribution in [3.63, 3.8) is 0 Å². The maximum absolute atomic E-state index is 13.3. The number of rotatable bonds is 11. The van der Waals surface area contributed by atoms with Crippen molar-refractivity contribution in [2.45, 2.75) is 50.5 Å². The molecule has 3 aliphatic heterocycles. The number of carbonyl (C=O) groups excluding carboxylic acids is 2. The number of hydrogen-bond donors (Lipinski definition) is 6. The fraction of sp³-hybridized carbons (Fsp3) is 0.294. The first-order valence-corrected chi connectivity index (χ1v) is 18.5. The number of aromatic nitrogens is 1. The summed E-state index contributed by atoms with van der Waals surface area (Å²) in [7, 11) is 2.02. The molecule has 15 nitrogen and oxygen atoms in total. The van der Waals surface area contributed by atoms with Crippen molar-refractivity contribution in [1.82, 2.24) is 15.2 Å². The largest absolute Gasteiger partial charge is 0.503 e. The average molecular weight is 805 g/mol. The summed E-state index contributed by atoms with van der Waals surface area (Å²) >= 11 is 14.9. The molecule has 1 saturated heterocycles. The predicted octanol–water partition coefficient (Wildman–Crippen LogP) is 4.14. The number of nitrogen functional groups attached to an aromatic ring is 1. The number of carboxylic acids is 2. The van der Waals surface area contributed by atoms with Crippen molar-refractivity contribution < 1.29 is 48.9 Å². The Morgan fingerprint density at radius 3 is 2.28 bits per heavy atom. The van der Waals surface area contributed by atoms with Gasteiger partial charge in [-0.05, 0) is 25.0 Å². The number of carbonyl (C=O) groups is 4. The minimum Gasteiger partial charge on any atom is -0.503 e. The van der Waals surface area contributed by atoms with Gasteiger partial charge >= 0.3 is 11.9 Å². The molecule has 2 aromatic carbocycles. The first-order valence-electron chi connectivity index (χ1n) is 15.8. The van der Waals surface area contributed by atoms with Gasteiger partial charge in [0.1, 0.15) is 42.4 Å². The van der Waals surface area contributed by atoms with Crippen LogP contribution in [-0.4, -0.2) is 94.1 Å². The van der Waals surface area contributed by atoms with Crippen LogP contribution in [0, 0.1) is 0 Å². The number of aromatic hydroxyl groups is 2.